The van der Waals surface area contributed by atoms with Gasteiger partial charge in [0.05, 0.1) is 6.61 Å². The normalized spacial score (nSPS) is 18.8. The van der Waals surface area contributed by atoms with Gasteiger partial charge >= 0.3 is 23.9 Å². The Morgan fingerprint density at radius 3 is 1.29 bits per heavy atom. The van der Waals surface area contributed by atoms with E-state index in [9.17, 15) is 34.5 Å². The number of esters is 3. The Morgan fingerprint density at radius 1 is 0.442 bits per heavy atom. The highest BCUT2D eigenvalue weighted by Crippen LogP contribution is 2.26. The summed E-state index contributed by atoms with van der Waals surface area (Å²) in [6, 6.07) is 0. The molecule has 0 aromatic rings. The molecule has 12 heteroatoms. The van der Waals surface area contributed by atoms with Crippen molar-refractivity contribution in [1.82, 2.24) is 0 Å². The first kappa shape index (κ1) is 70.4. The minimum atomic E-state index is -1.93. The molecule has 0 saturated carbocycles. The summed E-state index contributed by atoms with van der Waals surface area (Å²) in [7, 11) is 0. The Hall–Kier alpha value is -4.62. The monoisotopic (exact) mass is 1080 g/mol. The number of ether oxygens (including phenoxy) is 5. The maximum atomic E-state index is 13.2. The minimum absolute atomic E-state index is 0.00149. The van der Waals surface area contributed by atoms with Gasteiger partial charge < -0.3 is 39.0 Å². The molecule has 0 aromatic heterocycles. The lowest BCUT2D eigenvalue weighted by molar-refractivity contribution is -0.301. The predicted molar refractivity (Wildman–Crippen MR) is 312 cm³/mol. The van der Waals surface area contributed by atoms with Crippen molar-refractivity contribution in [2.45, 2.75) is 263 Å². The molecule has 0 amide bonds. The molecule has 12 nitrogen and oxygen atoms in total. The van der Waals surface area contributed by atoms with Gasteiger partial charge in [0.25, 0.3) is 0 Å². The van der Waals surface area contributed by atoms with Gasteiger partial charge in [0, 0.05) is 19.3 Å². The van der Waals surface area contributed by atoms with Gasteiger partial charge in [-0.25, -0.2) is 4.79 Å². The van der Waals surface area contributed by atoms with Crippen molar-refractivity contribution in [3.8, 4) is 0 Å². The van der Waals surface area contributed by atoms with Gasteiger partial charge in [-0.1, -0.05) is 220 Å². The van der Waals surface area contributed by atoms with Crippen LogP contribution in [0.5, 0.6) is 0 Å². The van der Waals surface area contributed by atoms with E-state index >= 15 is 0 Å². The van der Waals surface area contributed by atoms with Crippen molar-refractivity contribution in [1.29, 1.82) is 0 Å². The molecule has 436 valence electrons. The molecule has 1 aliphatic rings. The van der Waals surface area contributed by atoms with Crippen molar-refractivity contribution >= 4 is 23.9 Å². The van der Waals surface area contributed by atoms with Crippen LogP contribution < -0.4 is 0 Å². The number of carbonyl (C=O) groups excluding carboxylic acids is 3. The summed E-state index contributed by atoms with van der Waals surface area (Å²) in [5.74, 6) is -3.26. The predicted octanol–water partition coefficient (Wildman–Crippen LogP) is 15.4. The van der Waals surface area contributed by atoms with Gasteiger partial charge in [-0.2, -0.15) is 0 Å². The van der Waals surface area contributed by atoms with Gasteiger partial charge in [-0.15, -0.1) is 0 Å². The summed E-state index contributed by atoms with van der Waals surface area (Å²) >= 11 is 0. The van der Waals surface area contributed by atoms with Crippen molar-refractivity contribution in [2.24, 2.45) is 0 Å². The number of rotatable bonds is 49. The second-order valence-electron chi connectivity index (χ2n) is 19.9. The van der Waals surface area contributed by atoms with E-state index in [-0.39, 0.29) is 25.9 Å². The summed E-state index contributed by atoms with van der Waals surface area (Å²) in [4.78, 5) is 51.1. The van der Waals surface area contributed by atoms with Gasteiger partial charge in [0.2, 0.25) is 0 Å². The van der Waals surface area contributed by atoms with Crippen LogP contribution in [-0.4, -0.2) is 89.2 Å². The van der Waals surface area contributed by atoms with Crippen LogP contribution in [0.3, 0.4) is 0 Å². The molecule has 0 aromatic carbocycles. The van der Waals surface area contributed by atoms with Crippen LogP contribution in [-0.2, 0) is 42.9 Å². The lowest BCUT2D eigenvalue weighted by Gasteiger charge is -2.40. The van der Waals surface area contributed by atoms with Crippen molar-refractivity contribution in [3.05, 3.63) is 109 Å². The van der Waals surface area contributed by atoms with Gasteiger partial charge in [0.15, 0.2) is 24.6 Å². The fourth-order valence-corrected chi connectivity index (χ4v) is 8.34. The fraction of sp³-hybridized carbons (Fsp3) is 0.662. The van der Waals surface area contributed by atoms with Gasteiger partial charge in [0.1, 0.15) is 18.8 Å². The van der Waals surface area contributed by atoms with E-state index in [4.69, 9.17) is 23.7 Å². The molecular formula is C65H104O12. The Kier molecular flexibility index (Phi) is 47.6. The number of aliphatic hydroxyl groups excluding tert-OH is 2. The van der Waals surface area contributed by atoms with Crippen LogP contribution >= 0.6 is 0 Å². The summed E-state index contributed by atoms with van der Waals surface area (Å²) in [6.45, 7) is 5.70. The highest BCUT2D eigenvalue weighted by Gasteiger charge is 2.50. The van der Waals surface area contributed by atoms with Crippen LogP contribution in [0.4, 0.5) is 0 Å². The van der Waals surface area contributed by atoms with Crippen molar-refractivity contribution < 1.29 is 58.2 Å². The van der Waals surface area contributed by atoms with E-state index < -0.39 is 67.3 Å². The standard InChI is InChI=1S/C65H104O12/c1-4-7-10-13-16-19-22-25-28-29-32-33-36-39-42-45-48-51-57(66)73-54-56(75-58(67)52-49-46-43-40-37-34-30-26-23-20-17-14-11-8-5-2)55-74-65-63(61(70)60(69)62(77-65)64(71)72)76-59(68)53-50-47-44-41-38-35-31-27-24-21-18-15-12-9-6-3/h7,9-10,12,16,18-19,21,25,27-28,31-33,38-39,41-42,56,60-63,65,69-70H,4-6,8,11,13-15,17,20,22-24,26,29-30,34-37,40,43-55H2,1-3H3,(H,71,72)/b10-7-,12-9-,19-16-,21-18-,28-25-,31-27-,33-32-,41-38-,42-39-. The molecule has 0 aliphatic carbocycles. The summed E-state index contributed by atoms with van der Waals surface area (Å²) in [5, 5.41) is 31.5. The topological polar surface area (TPSA) is 175 Å². The molecule has 1 rings (SSSR count). The Bertz CT molecular complexity index is 1750. The first-order chi connectivity index (χ1) is 37.6. The number of carbonyl (C=O) groups is 4. The number of hydrogen-bond donors (Lipinski definition) is 3. The maximum Gasteiger partial charge on any atom is 0.335 e. The summed E-state index contributed by atoms with van der Waals surface area (Å²) < 4.78 is 28.3. The smallest absolute Gasteiger partial charge is 0.335 e. The molecule has 0 bridgehead atoms. The first-order valence-corrected chi connectivity index (χ1v) is 29.9. The molecule has 3 N–H and O–H groups in total. The number of carboxylic acid groups (broad SMARTS) is 1. The minimum Gasteiger partial charge on any atom is -0.479 e. The Labute approximate surface area is 465 Å². The summed E-state index contributed by atoms with van der Waals surface area (Å²) in [6.07, 6.45) is 57.8. The Morgan fingerprint density at radius 2 is 0.831 bits per heavy atom. The molecule has 1 heterocycles. The van der Waals surface area contributed by atoms with Crippen LogP contribution in [0.1, 0.15) is 226 Å². The molecule has 0 radical (unpaired) electrons. The van der Waals surface area contributed by atoms with E-state index in [1.54, 1.807) is 0 Å². The van der Waals surface area contributed by atoms with Crippen LogP contribution in [0, 0.1) is 0 Å². The SMILES string of the molecule is CC/C=C\C/C=C\C/C=C\C/C=C\C/C=C\CCCC(=O)OCC(COC1OC(C(=O)O)C(O)C(O)C1OC(=O)CCCC/C=C\C/C=C\C/C=C\C/C=C\CC)OC(=O)CCCCCCCCCCCCCCCCC. The molecule has 1 aliphatic heterocycles. The lowest BCUT2D eigenvalue weighted by Crippen LogP contribution is -2.61. The molecule has 1 saturated heterocycles. The van der Waals surface area contributed by atoms with Gasteiger partial charge in [-0.05, 0) is 96.3 Å². The van der Waals surface area contributed by atoms with Crippen LogP contribution in [0.2, 0.25) is 0 Å². The van der Waals surface area contributed by atoms with E-state index in [1.807, 2.05) is 6.08 Å². The molecular weight excluding hydrogens is 973 g/mol. The van der Waals surface area contributed by atoms with E-state index in [1.165, 1.54) is 70.6 Å². The maximum absolute atomic E-state index is 13.2. The number of aliphatic hydroxyl groups is 2. The van der Waals surface area contributed by atoms with Gasteiger partial charge in [-0.3, -0.25) is 14.4 Å². The average Bonchev–Trinajstić information content (AvgIpc) is 3.42. The lowest BCUT2D eigenvalue weighted by atomic mass is 9.98. The number of aliphatic carboxylic acids is 1. The summed E-state index contributed by atoms with van der Waals surface area (Å²) in [5.41, 5.74) is 0. The molecule has 1 fully saturated rings. The Balaban J connectivity index is 2.76. The zero-order chi connectivity index (χ0) is 56.1. The van der Waals surface area contributed by atoms with Crippen molar-refractivity contribution in [3.63, 3.8) is 0 Å². The van der Waals surface area contributed by atoms with Crippen molar-refractivity contribution in [2.75, 3.05) is 13.2 Å². The highest BCUT2D eigenvalue weighted by atomic mass is 16.7. The molecule has 77 heavy (non-hydrogen) atoms. The zero-order valence-corrected chi connectivity index (χ0v) is 47.9. The number of allylic oxidation sites excluding steroid dienone is 18. The second-order valence-corrected chi connectivity index (χ2v) is 19.9. The third kappa shape index (κ3) is 42.1. The fourth-order valence-electron chi connectivity index (χ4n) is 8.34. The van der Waals surface area contributed by atoms with Crippen LogP contribution in [0.25, 0.3) is 0 Å². The van der Waals surface area contributed by atoms with Crippen LogP contribution in [0.15, 0.2) is 109 Å². The number of unbranched alkanes of at least 4 members (excludes halogenated alkanes) is 17. The van der Waals surface area contributed by atoms with E-state index in [2.05, 4.69) is 124 Å². The number of carboxylic acids is 1. The molecule has 6 unspecified atom stereocenters. The third-order valence-electron chi connectivity index (χ3n) is 12.8. The number of hydrogen-bond acceptors (Lipinski definition) is 11. The largest absolute Gasteiger partial charge is 0.479 e. The van der Waals surface area contributed by atoms with E-state index in [0.717, 1.165) is 83.5 Å². The molecule has 0 spiro atoms. The molecule has 6 atom stereocenters. The first-order valence-electron chi connectivity index (χ1n) is 29.9. The third-order valence-corrected chi connectivity index (χ3v) is 12.8. The quantitative estimate of drug-likeness (QED) is 0.0228. The second kappa shape index (κ2) is 52.1. The average molecular weight is 1080 g/mol. The highest BCUT2D eigenvalue weighted by molar-refractivity contribution is 5.74. The zero-order valence-electron chi connectivity index (χ0n) is 47.9. The van der Waals surface area contributed by atoms with E-state index in [0.29, 0.717) is 32.1 Å².